The van der Waals surface area contributed by atoms with Crippen LogP contribution in [-0.2, 0) is 6.54 Å². The van der Waals surface area contributed by atoms with Gasteiger partial charge >= 0.3 is 0 Å². The summed E-state index contributed by atoms with van der Waals surface area (Å²) in [6, 6.07) is 22.7. The second kappa shape index (κ2) is 10.9. The predicted octanol–water partition coefficient (Wildman–Crippen LogP) is 4.66. The number of aromatic nitrogens is 1. The number of piperidine rings is 1. The highest BCUT2D eigenvalue weighted by atomic mass is 16.5. The van der Waals surface area contributed by atoms with Crippen molar-refractivity contribution in [1.82, 2.24) is 15.2 Å². The number of nitrogens with one attached hydrogen (secondary N) is 1. The third-order valence-corrected chi connectivity index (χ3v) is 6.00. The van der Waals surface area contributed by atoms with Crippen LogP contribution in [0.2, 0.25) is 0 Å². The number of nitrogens with zero attached hydrogens (tertiary/aromatic N) is 2. The molecule has 5 heteroatoms. The Balaban J connectivity index is 1.20. The molecule has 0 unspecified atom stereocenters. The van der Waals surface area contributed by atoms with Gasteiger partial charge in [0.2, 0.25) is 0 Å². The van der Waals surface area contributed by atoms with Gasteiger partial charge in [-0.3, -0.25) is 14.7 Å². The van der Waals surface area contributed by atoms with E-state index in [1.807, 2.05) is 19.1 Å². The second-order valence-corrected chi connectivity index (χ2v) is 8.49. The summed E-state index contributed by atoms with van der Waals surface area (Å²) in [7, 11) is 0. The first-order valence-corrected chi connectivity index (χ1v) is 11.4. The maximum Gasteiger partial charge on any atom is 0.252 e. The number of benzene rings is 2. The molecule has 1 fully saturated rings. The Morgan fingerprint density at radius 3 is 2.50 bits per heavy atom. The van der Waals surface area contributed by atoms with Crippen LogP contribution in [0.1, 0.15) is 47.2 Å². The fourth-order valence-electron chi connectivity index (χ4n) is 4.19. The Morgan fingerprint density at radius 2 is 1.81 bits per heavy atom. The van der Waals surface area contributed by atoms with Crippen molar-refractivity contribution in [2.24, 2.45) is 0 Å². The monoisotopic (exact) mass is 429 g/mol. The molecule has 32 heavy (non-hydrogen) atoms. The van der Waals surface area contributed by atoms with Gasteiger partial charge in [0.15, 0.2) is 0 Å². The second-order valence-electron chi connectivity index (χ2n) is 8.49. The lowest BCUT2D eigenvalue weighted by Crippen LogP contribution is -2.33. The van der Waals surface area contributed by atoms with E-state index in [-0.39, 0.29) is 12.0 Å². The van der Waals surface area contributed by atoms with Crippen LogP contribution in [0, 0.1) is 0 Å². The molecule has 3 aromatic rings. The van der Waals surface area contributed by atoms with Crippen molar-refractivity contribution in [2.75, 3.05) is 19.6 Å². The summed E-state index contributed by atoms with van der Waals surface area (Å²) < 4.78 is 5.96. The smallest absolute Gasteiger partial charge is 0.252 e. The molecule has 0 spiro atoms. The minimum atomic E-state index is -0.139. The summed E-state index contributed by atoms with van der Waals surface area (Å²) in [6.45, 7) is 5.62. The van der Waals surface area contributed by atoms with E-state index in [0.29, 0.717) is 18.0 Å². The van der Waals surface area contributed by atoms with Crippen molar-refractivity contribution in [2.45, 2.75) is 38.3 Å². The molecule has 1 saturated heterocycles. The number of rotatable bonds is 8. The van der Waals surface area contributed by atoms with E-state index in [9.17, 15) is 4.79 Å². The highest BCUT2D eigenvalue weighted by molar-refractivity contribution is 5.93. The largest absolute Gasteiger partial charge is 0.489 e. The maximum absolute atomic E-state index is 12.1. The van der Waals surface area contributed by atoms with Crippen LogP contribution in [0.25, 0.3) is 0 Å². The van der Waals surface area contributed by atoms with E-state index in [0.717, 1.165) is 25.4 Å². The molecule has 1 amide bonds. The third-order valence-electron chi connectivity index (χ3n) is 6.00. The zero-order chi connectivity index (χ0) is 22.2. The standard InChI is InChI=1S/C27H31N3O2/c1-21(18-29-27(31)25-8-5-15-28-19-25)32-26-11-9-22(10-12-26)20-30-16-13-24(14-17-30)23-6-3-2-4-7-23/h2-12,15,19,21,24H,13-14,16-18,20H2,1H3,(H,29,31)/t21-/m0/s1. The number of amides is 1. The highest BCUT2D eigenvalue weighted by Gasteiger charge is 2.20. The van der Waals surface area contributed by atoms with Gasteiger partial charge in [0.05, 0.1) is 12.1 Å². The Hall–Kier alpha value is -3.18. The van der Waals surface area contributed by atoms with Crippen LogP contribution in [0.4, 0.5) is 0 Å². The van der Waals surface area contributed by atoms with E-state index in [2.05, 4.69) is 57.7 Å². The number of hydrogen-bond acceptors (Lipinski definition) is 4. The summed E-state index contributed by atoms with van der Waals surface area (Å²) >= 11 is 0. The number of carbonyl (C=O) groups excluding carboxylic acids is 1. The number of ether oxygens (including phenoxy) is 1. The minimum Gasteiger partial charge on any atom is -0.489 e. The van der Waals surface area contributed by atoms with Crippen LogP contribution in [0.5, 0.6) is 5.75 Å². The lowest BCUT2D eigenvalue weighted by Gasteiger charge is -2.32. The van der Waals surface area contributed by atoms with E-state index >= 15 is 0 Å². The molecule has 0 radical (unpaired) electrons. The molecule has 166 valence electrons. The van der Waals surface area contributed by atoms with Gasteiger partial charge in [0.1, 0.15) is 11.9 Å². The molecule has 0 saturated carbocycles. The van der Waals surface area contributed by atoms with Crippen LogP contribution in [0.15, 0.2) is 79.1 Å². The SMILES string of the molecule is C[C@@H](CNC(=O)c1cccnc1)Oc1ccc(CN2CCC(c3ccccc3)CC2)cc1. The molecule has 2 heterocycles. The zero-order valence-corrected chi connectivity index (χ0v) is 18.6. The van der Waals surface area contributed by atoms with Crippen molar-refractivity contribution in [3.8, 4) is 5.75 Å². The van der Waals surface area contributed by atoms with Crippen LogP contribution in [-0.4, -0.2) is 41.5 Å². The van der Waals surface area contributed by atoms with Gasteiger partial charge < -0.3 is 10.1 Å². The first-order valence-electron chi connectivity index (χ1n) is 11.4. The lowest BCUT2D eigenvalue weighted by molar-refractivity contribution is 0.0932. The quantitative estimate of drug-likeness (QED) is 0.566. The predicted molar refractivity (Wildman–Crippen MR) is 127 cm³/mol. The minimum absolute atomic E-state index is 0.126. The van der Waals surface area contributed by atoms with Gasteiger partial charge in [-0.25, -0.2) is 0 Å². The molecule has 0 bridgehead atoms. The van der Waals surface area contributed by atoms with Crippen molar-refractivity contribution in [1.29, 1.82) is 0 Å². The molecule has 1 N–H and O–H groups in total. The molecule has 1 aliphatic rings. The number of hydrogen-bond donors (Lipinski definition) is 1. The number of pyridine rings is 1. The normalized spacial score (nSPS) is 15.8. The summed E-state index contributed by atoms with van der Waals surface area (Å²) in [4.78, 5) is 18.6. The van der Waals surface area contributed by atoms with Crippen molar-refractivity contribution < 1.29 is 9.53 Å². The molecular weight excluding hydrogens is 398 g/mol. The molecule has 5 nitrogen and oxygen atoms in total. The summed E-state index contributed by atoms with van der Waals surface area (Å²) in [5.74, 6) is 1.36. The van der Waals surface area contributed by atoms with E-state index in [1.165, 1.54) is 24.0 Å². The summed E-state index contributed by atoms with van der Waals surface area (Å²) in [6.07, 6.45) is 5.52. The Kier molecular flexibility index (Phi) is 7.51. The molecule has 1 aromatic heterocycles. The lowest BCUT2D eigenvalue weighted by atomic mass is 9.89. The summed E-state index contributed by atoms with van der Waals surface area (Å²) in [5.41, 5.74) is 3.32. The molecule has 1 atom stereocenters. The zero-order valence-electron chi connectivity index (χ0n) is 18.6. The van der Waals surface area contributed by atoms with Crippen LogP contribution in [0.3, 0.4) is 0 Å². The fourth-order valence-corrected chi connectivity index (χ4v) is 4.19. The Labute approximate surface area is 190 Å². The van der Waals surface area contributed by atoms with Crippen molar-refractivity contribution in [3.63, 3.8) is 0 Å². The first kappa shape index (κ1) is 22.0. The van der Waals surface area contributed by atoms with Gasteiger partial charge in [-0.15, -0.1) is 0 Å². The molecular formula is C27H31N3O2. The van der Waals surface area contributed by atoms with Gasteiger partial charge in [-0.1, -0.05) is 42.5 Å². The van der Waals surface area contributed by atoms with Crippen molar-refractivity contribution in [3.05, 3.63) is 95.8 Å². The first-order chi connectivity index (χ1) is 15.7. The number of likely N-dealkylation sites (tertiary alicyclic amines) is 1. The van der Waals surface area contributed by atoms with E-state index in [4.69, 9.17) is 4.74 Å². The average Bonchev–Trinajstić information content (AvgIpc) is 2.85. The molecule has 4 rings (SSSR count). The topological polar surface area (TPSA) is 54.5 Å². The van der Waals surface area contributed by atoms with Crippen LogP contribution < -0.4 is 10.1 Å². The molecule has 1 aliphatic heterocycles. The molecule has 0 aliphatic carbocycles. The average molecular weight is 430 g/mol. The fraction of sp³-hybridized carbons (Fsp3) is 0.333. The van der Waals surface area contributed by atoms with E-state index < -0.39 is 0 Å². The maximum atomic E-state index is 12.1. The van der Waals surface area contributed by atoms with Gasteiger partial charge in [0.25, 0.3) is 5.91 Å². The van der Waals surface area contributed by atoms with Gasteiger partial charge in [-0.05, 0) is 74.2 Å². The third kappa shape index (κ3) is 6.17. The molecule has 2 aromatic carbocycles. The van der Waals surface area contributed by atoms with Crippen molar-refractivity contribution >= 4 is 5.91 Å². The van der Waals surface area contributed by atoms with E-state index in [1.54, 1.807) is 24.5 Å². The van der Waals surface area contributed by atoms with Crippen LogP contribution >= 0.6 is 0 Å². The van der Waals surface area contributed by atoms with Gasteiger partial charge in [0, 0.05) is 18.9 Å². The Morgan fingerprint density at radius 1 is 1.06 bits per heavy atom. The number of carbonyl (C=O) groups is 1. The highest BCUT2D eigenvalue weighted by Crippen LogP contribution is 2.28. The van der Waals surface area contributed by atoms with Gasteiger partial charge in [-0.2, -0.15) is 0 Å². The summed E-state index contributed by atoms with van der Waals surface area (Å²) in [5, 5.41) is 2.89. The Bertz CT molecular complexity index is 969.